The molecule has 3 N–H and O–H groups in total. The summed E-state index contributed by atoms with van der Waals surface area (Å²) in [5, 5.41) is 10.6. The van der Waals surface area contributed by atoms with Crippen molar-refractivity contribution in [2.24, 2.45) is 5.73 Å². The fourth-order valence-electron chi connectivity index (χ4n) is 2.65. The van der Waals surface area contributed by atoms with Crippen LogP contribution in [0.2, 0.25) is 0 Å². The average molecular weight is 325 g/mol. The second-order valence-electron chi connectivity index (χ2n) is 5.38. The second-order valence-corrected chi connectivity index (χ2v) is 5.38. The first-order valence-corrected chi connectivity index (χ1v) is 7.91. The SMILES string of the molecule is CCc1n[nH]c(=O)c(-c2nc(-c3ccc(CN)cc3)no2)c1CC. The Morgan fingerprint density at radius 1 is 1.17 bits per heavy atom. The molecule has 0 fully saturated rings. The summed E-state index contributed by atoms with van der Waals surface area (Å²) in [6.45, 7) is 4.44. The first-order valence-electron chi connectivity index (χ1n) is 7.91. The highest BCUT2D eigenvalue weighted by Gasteiger charge is 2.20. The summed E-state index contributed by atoms with van der Waals surface area (Å²) in [5.41, 5.74) is 9.19. The molecule has 24 heavy (non-hydrogen) atoms. The summed E-state index contributed by atoms with van der Waals surface area (Å²) in [6, 6.07) is 7.59. The van der Waals surface area contributed by atoms with E-state index in [1.165, 1.54) is 0 Å². The Balaban J connectivity index is 2.06. The van der Waals surface area contributed by atoms with E-state index >= 15 is 0 Å². The van der Waals surface area contributed by atoms with Crippen LogP contribution in [0, 0.1) is 0 Å². The number of nitrogens with one attached hydrogen (secondary N) is 1. The number of aromatic amines is 1. The number of benzene rings is 1. The van der Waals surface area contributed by atoms with E-state index in [-0.39, 0.29) is 11.4 Å². The molecule has 0 bridgehead atoms. The topological polar surface area (TPSA) is 111 Å². The summed E-state index contributed by atoms with van der Waals surface area (Å²) in [6.07, 6.45) is 1.38. The van der Waals surface area contributed by atoms with Gasteiger partial charge in [0.25, 0.3) is 11.4 Å². The van der Waals surface area contributed by atoms with E-state index in [0.717, 1.165) is 22.4 Å². The van der Waals surface area contributed by atoms with Gasteiger partial charge in [0.15, 0.2) is 0 Å². The average Bonchev–Trinajstić information content (AvgIpc) is 3.11. The number of nitrogens with two attached hydrogens (primary N) is 1. The van der Waals surface area contributed by atoms with Crippen LogP contribution in [0.15, 0.2) is 33.6 Å². The molecule has 0 spiro atoms. The van der Waals surface area contributed by atoms with Crippen LogP contribution in [0.1, 0.15) is 30.7 Å². The molecule has 0 aliphatic heterocycles. The van der Waals surface area contributed by atoms with Crippen molar-refractivity contribution in [1.82, 2.24) is 20.3 Å². The number of nitrogens with zero attached hydrogens (tertiary/aromatic N) is 3. The van der Waals surface area contributed by atoms with Gasteiger partial charge in [-0.05, 0) is 24.0 Å². The molecule has 0 saturated carbocycles. The summed E-state index contributed by atoms with van der Waals surface area (Å²) in [4.78, 5) is 16.6. The lowest BCUT2D eigenvalue weighted by atomic mass is 10.0. The van der Waals surface area contributed by atoms with Crippen LogP contribution in [0.5, 0.6) is 0 Å². The number of hydrogen-bond acceptors (Lipinski definition) is 6. The fraction of sp³-hybridized carbons (Fsp3) is 0.294. The zero-order valence-electron chi connectivity index (χ0n) is 13.7. The molecule has 0 radical (unpaired) electrons. The van der Waals surface area contributed by atoms with Gasteiger partial charge in [-0.15, -0.1) is 0 Å². The van der Waals surface area contributed by atoms with Crippen molar-refractivity contribution in [2.75, 3.05) is 0 Å². The van der Waals surface area contributed by atoms with Crippen molar-refractivity contribution in [3.05, 3.63) is 51.4 Å². The van der Waals surface area contributed by atoms with Crippen LogP contribution >= 0.6 is 0 Å². The van der Waals surface area contributed by atoms with E-state index in [1.807, 2.05) is 38.1 Å². The molecule has 1 aromatic carbocycles. The monoisotopic (exact) mass is 325 g/mol. The number of H-pyrrole nitrogens is 1. The fourth-order valence-corrected chi connectivity index (χ4v) is 2.65. The highest BCUT2D eigenvalue weighted by molar-refractivity contribution is 5.62. The standard InChI is InChI=1S/C17H19N5O2/c1-3-12-13(4-2)20-21-16(23)14(12)17-19-15(22-24-17)11-7-5-10(9-18)6-8-11/h5-8H,3-4,9,18H2,1-2H3,(H,21,23). The van der Waals surface area contributed by atoms with Gasteiger partial charge in [-0.1, -0.05) is 43.3 Å². The van der Waals surface area contributed by atoms with E-state index in [4.69, 9.17) is 10.3 Å². The second kappa shape index (κ2) is 6.76. The van der Waals surface area contributed by atoms with Crippen molar-refractivity contribution < 1.29 is 4.52 Å². The summed E-state index contributed by atoms with van der Waals surface area (Å²) in [7, 11) is 0. The van der Waals surface area contributed by atoms with E-state index in [0.29, 0.717) is 30.8 Å². The predicted molar refractivity (Wildman–Crippen MR) is 90.2 cm³/mol. The van der Waals surface area contributed by atoms with Gasteiger partial charge in [-0.3, -0.25) is 4.79 Å². The molecular formula is C17H19N5O2. The molecule has 0 aliphatic rings. The van der Waals surface area contributed by atoms with Crippen LogP contribution in [0.3, 0.4) is 0 Å². The van der Waals surface area contributed by atoms with Crippen molar-refractivity contribution in [3.63, 3.8) is 0 Å². The molecule has 7 heteroatoms. The van der Waals surface area contributed by atoms with Gasteiger partial charge < -0.3 is 10.3 Å². The highest BCUT2D eigenvalue weighted by atomic mass is 16.5. The highest BCUT2D eigenvalue weighted by Crippen LogP contribution is 2.24. The minimum Gasteiger partial charge on any atom is -0.333 e. The van der Waals surface area contributed by atoms with Crippen LogP contribution in [0.4, 0.5) is 0 Å². The van der Waals surface area contributed by atoms with Gasteiger partial charge in [0, 0.05) is 12.1 Å². The van der Waals surface area contributed by atoms with Crippen molar-refractivity contribution in [2.45, 2.75) is 33.2 Å². The number of hydrogen-bond donors (Lipinski definition) is 2. The molecule has 7 nitrogen and oxygen atoms in total. The van der Waals surface area contributed by atoms with Crippen LogP contribution in [-0.4, -0.2) is 20.3 Å². The Labute approximate surface area is 138 Å². The Kier molecular flexibility index (Phi) is 4.52. The Hall–Kier alpha value is -2.80. The third kappa shape index (κ3) is 2.85. The number of rotatable bonds is 5. The molecule has 2 aromatic heterocycles. The molecule has 0 amide bonds. The van der Waals surface area contributed by atoms with Crippen molar-refractivity contribution >= 4 is 0 Å². The molecule has 3 rings (SSSR count). The third-order valence-electron chi connectivity index (χ3n) is 3.95. The van der Waals surface area contributed by atoms with E-state index in [2.05, 4.69) is 20.3 Å². The maximum atomic E-state index is 12.2. The third-order valence-corrected chi connectivity index (χ3v) is 3.95. The smallest absolute Gasteiger partial charge is 0.277 e. The van der Waals surface area contributed by atoms with Gasteiger partial charge >= 0.3 is 0 Å². The lowest BCUT2D eigenvalue weighted by Gasteiger charge is -2.06. The van der Waals surface area contributed by atoms with Crippen molar-refractivity contribution in [1.29, 1.82) is 0 Å². The quantitative estimate of drug-likeness (QED) is 0.743. The minimum absolute atomic E-state index is 0.211. The first-order chi connectivity index (χ1) is 11.7. The summed E-state index contributed by atoms with van der Waals surface area (Å²) < 4.78 is 5.35. The maximum absolute atomic E-state index is 12.2. The molecular weight excluding hydrogens is 306 g/mol. The molecule has 2 heterocycles. The Bertz CT molecular complexity index is 896. The first kappa shape index (κ1) is 16.1. The predicted octanol–water partition coefficient (Wildman–Crippen LogP) is 2.07. The molecule has 3 aromatic rings. The molecule has 0 unspecified atom stereocenters. The van der Waals surface area contributed by atoms with Gasteiger partial charge in [0.1, 0.15) is 5.56 Å². The van der Waals surface area contributed by atoms with Crippen LogP contribution in [-0.2, 0) is 19.4 Å². The number of aromatic nitrogens is 4. The molecule has 0 aliphatic carbocycles. The normalized spacial score (nSPS) is 11.0. The molecule has 0 atom stereocenters. The molecule has 124 valence electrons. The Morgan fingerprint density at radius 2 is 1.92 bits per heavy atom. The largest absolute Gasteiger partial charge is 0.333 e. The van der Waals surface area contributed by atoms with Crippen molar-refractivity contribution in [3.8, 4) is 22.8 Å². The molecule has 0 saturated heterocycles. The maximum Gasteiger partial charge on any atom is 0.277 e. The zero-order valence-corrected chi connectivity index (χ0v) is 13.7. The summed E-state index contributed by atoms with van der Waals surface area (Å²) >= 11 is 0. The van der Waals surface area contributed by atoms with E-state index in [9.17, 15) is 4.79 Å². The van der Waals surface area contributed by atoms with Gasteiger partial charge in [0.2, 0.25) is 5.82 Å². The van der Waals surface area contributed by atoms with Gasteiger partial charge in [-0.25, -0.2) is 5.10 Å². The minimum atomic E-state index is -0.322. The van der Waals surface area contributed by atoms with Gasteiger partial charge in [0.05, 0.1) is 5.69 Å². The van der Waals surface area contributed by atoms with E-state index in [1.54, 1.807) is 0 Å². The van der Waals surface area contributed by atoms with Gasteiger partial charge in [-0.2, -0.15) is 10.1 Å². The summed E-state index contributed by atoms with van der Waals surface area (Å²) in [5.74, 6) is 0.646. The van der Waals surface area contributed by atoms with Crippen LogP contribution in [0.25, 0.3) is 22.8 Å². The lowest BCUT2D eigenvalue weighted by Crippen LogP contribution is -2.17. The zero-order chi connectivity index (χ0) is 17.1. The Morgan fingerprint density at radius 3 is 2.54 bits per heavy atom. The van der Waals surface area contributed by atoms with E-state index < -0.39 is 0 Å². The number of aryl methyl sites for hydroxylation is 1. The van der Waals surface area contributed by atoms with Crippen LogP contribution < -0.4 is 11.3 Å². The lowest BCUT2D eigenvalue weighted by molar-refractivity contribution is 0.431.